The van der Waals surface area contributed by atoms with Crippen molar-refractivity contribution in [2.45, 2.75) is 44.6 Å². The number of nitrogens with zero attached hydrogens (tertiary/aromatic N) is 2. The SMILES string of the molecule is O=C(O)CSCC(=O)N(Cc1ccccc1)c1nc(-c2ccc(C3CCCCC3)cc2)cs1. The van der Waals surface area contributed by atoms with Crippen molar-refractivity contribution in [3.63, 3.8) is 0 Å². The summed E-state index contributed by atoms with van der Waals surface area (Å²) in [7, 11) is 0. The van der Waals surface area contributed by atoms with Gasteiger partial charge in [-0.1, -0.05) is 73.9 Å². The van der Waals surface area contributed by atoms with Gasteiger partial charge in [-0.25, -0.2) is 4.98 Å². The van der Waals surface area contributed by atoms with Crippen LogP contribution in [0.25, 0.3) is 11.3 Å². The van der Waals surface area contributed by atoms with E-state index in [1.807, 2.05) is 35.7 Å². The molecule has 1 aromatic heterocycles. The van der Waals surface area contributed by atoms with Gasteiger partial charge in [-0.05, 0) is 29.9 Å². The Bertz CT molecular complexity index is 1060. The average molecular weight is 481 g/mol. The van der Waals surface area contributed by atoms with E-state index in [2.05, 4.69) is 24.3 Å². The summed E-state index contributed by atoms with van der Waals surface area (Å²) in [5, 5.41) is 11.5. The second-order valence-corrected chi connectivity index (χ2v) is 10.1. The van der Waals surface area contributed by atoms with Crippen molar-refractivity contribution in [1.82, 2.24) is 4.98 Å². The Hall–Kier alpha value is -2.64. The lowest BCUT2D eigenvalue weighted by Crippen LogP contribution is -2.32. The summed E-state index contributed by atoms with van der Waals surface area (Å²) in [6.07, 6.45) is 6.53. The maximum atomic E-state index is 13.0. The fourth-order valence-electron chi connectivity index (χ4n) is 4.21. The molecule has 1 fully saturated rings. The largest absolute Gasteiger partial charge is 0.481 e. The van der Waals surface area contributed by atoms with E-state index in [9.17, 15) is 9.59 Å². The van der Waals surface area contributed by atoms with Crippen LogP contribution >= 0.6 is 23.1 Å². The number of hydrogen-bond donors (Lipinski definition) is 1. The zero-order valence-electron chi connectivity index (χ0n) is 18.5. The van der Waals surface area contributed by atoms with Gasteiger partial charge in [0.2, 0.25) is 5.91 Å². The van der Waals surface area contributed by atoms with Crippen molar-refractivity contribution in [1.29, 1.82) is 0 Å². The molecule has 2 aromatic carbocycles. The minimum Gasteiger partial charge on any atom is -0.481 e. The van der Waals surface area contributed by atoms with Crippen molar-refractivity contribution in [2.24, 2.45) is 0 Å². The maximum Gasteiger partial charge on any atom is 0.313 e. The fourth-order valence-corrected chi connectivity index (χ4v) is 5.67. The zero-order chi connectivity index (χ0) is 23.0. The van der Waals surface area contributed by atoms with Crippen LogP contribution in [0.3, 0.4) is 0 Å². The molecule has 3 aromatic rings. The summed E-state index contributed by atoms with van der Waals surface area (Å²) in [6.45, 7) is 0.404. The number of hydrogen-bond acceptors (Lipinski definition) is 5. The number of carbonyl (C=O) groups is 2. The molecular weight excluding hydrogens is 452 g/mol. The van der Waals surface area contributed by atoms with Gasteiger partial charge in [-0.2, -0.15) is 0 Å². The molecule has 0 radical (unpaired) electrons. The van der Waals surface area contributed by atoms with Gasteiger partial charge >= 0.3 is 5.97 Å². The number of carbonyl (C=O) groups excluding carboxylic acids is 1. The highest BCUT2D eigenvalue weighted by atomic mass is 32.2. The van der Waals surface area contributed by atoms with Gasteiger partial charge in [0.25, 0.3) is 0 Å². The lowest BCUT2D eigenvalue weighted by molar-refractivity contribution is -0.133. The maximum absolute atomic E-state index is 13.0. The van der Waals surface area contributed by atoms with Gasteiger partial charge in [0, 0.05) is 10.9 Å². The van der Waals surface area contributed by atoms with Crippen LogP contribution < -0.4 is 4.90 Å². The molecule has 0 bridgehead atoms. The average Bonchev–Trinajstić information content (AvgIpc) is 3.33. The summed E-state index contributed by atoms with van der Waals surface area (Å²) in [5.41, 5.74) is 4.31. The molecule has 1 N–H and O–H groups in total. The Morgan fingerprint density at radius 2 is 1.73 bits per heavy atom. The zero-order valence-corrected chi connectivity index (χ0v) is 20.1. The standard InChI is InChI=1S/C26H28N2O3S2/c29-24(17-32-18-25(30)31)28(15-19-7-3-1-4-8-19)26-27-23(16-33-26)22-13-11-21(12-14-22)20-9-5-2-6-10-20/h1,3-4,7-8,11-14,16,20H,2,5-6,9-10,15,17-18H2,(H,30,31). The van der Waals surface area contributed by atoms with Crippen LogP contribution in [-0.4, -0.2) is 33.5 Å². The fraction of sp³-hybridized carbons (Fsp3) is 0.346. The molecule has 1 aliphatic carbocycles. The second-order valence-electron chi connectivity index (χ2n) is 8.32. The summed E-state index contributed by atoms with van der Waals surface area (Å²) < 4.78 is 0. The van der Waals surface area contributed by atoms with Crippen LogP contribution in [0.15, 0.2) is 60.0 Å². The molecule has 1 aliphatic rings. The molecular formula is C26H28N2O3S2. The highest BCUT2D eigenvalue weighted by Gasteiger charge is 2.21. The van der Waals surface area contributed by atoms with E-state index in [1.165, 1.54) is 49.0 Å². The number of amides is 1. The molecule has 7 heteroatoms. The van der Waals surface area contributed by atoms with Crippen molar-refractivity contribution in [3.8, 4) is 11.3 Å². The number of anilines is 1. The Labute approximate surface area is 202 Å². The smallest absolute Gasteiger partial charge is 0.313 e. The number of carboxylic acids is 1. The Kier molecular flexibility index (Phi) is 8.18. The third-order valence-electron chi connectivity index (χ3n) is 5.94. The molecule has 33 heavy (non-hydrogen) atoms. The highest BCUT2D eigenvalue weighted by Crippen LogP contribution is 2.34. The Morgan fingerprint density at radius 3 is 2.42 bits per heavy atom. The number of carboxylic acid groups (broad SMARTS) is 1. The lowest BCUT2D eigenvalue weighted by Gasteiger charge is -2.22. The predicted octanol–water partition coefficient (Wildman–Crippen LogP) is 6.21. The monoisotopic (exact) mass is 480 g/mol. The Balaban J connectivity index is 1.51. The lowest BCUT2D eigenvalue weighted by atomic mass is 9.84. The molecule has 0 aliphatic heterocycles. The van der Waals surface area contributed by atoms with E-state index in [0.717, 1.165) is 28.6 Å². The molecule has 0 spiro atoms. The summed E-state index contributed by atoms with van der Waals surface area (Å²) in [6, 6.07) is 18.5. The first-order valence-electron chi connectivity index (χ1n) is 11.3. The van der Waals surface area contributed by atoms with E-state index < -0.39 is 5.97 Å². The van der Waals surface area contributed by atoms with Crippen LogP contribution in [0.4, 0.5) is 5.13 Å². The molecule has 0 saturated heterocycles. The number of thioether (sulfide) groups is 1. The number of aliphatic carboxylic acids is 1. The van der Waals surface area contributed by atoms with E-state index in [0.29, 0.717) is 17.6 Å². The topological polar surface area (TPSA) is 70.5 Å². The van der Waals surface area contributed by atoms with Crippen LogP contribution in [0, 0.1) is 0 Å². The van der Waals surface area contributed by atoms with E-state index in [4.69, 9.17) is 10.1 Å². The molecule has 0 unspecified atom stereocenters. The molecule has 1 amide bonds. The number of benzene rings is 2. The van der Waals surface area contributed by atoms with E-state index >= 15 is 0 Å². The van der Waals surface area contributed by atoms with Gasteiger partial charge in [0.1, 0.15) is 0 Å². The first-order chi connectivity index (χ1) is 16.1. The third-order valence-corrected chi connectivity index (χ3v) is 7.71. The van der Waals surface area contributed by atoms with Gasteiger partial charge in [-0.3, -0.25) is 14.5 Å². The number of aromatic nitrogens is 1. The van der Waals surface area contributed by atoms with Gasteiger partial charge in [0.15, 0.2) is 5.13 Å². The molecule has 172 valence electrons. The normalized spacial score (nSPS) is 14.2. The van der Waals surface area contributed by atoms with Crippen LogP contribution in [0.1, 0.15) is 49.1 Å². The number of rotatable bonds is 9. The molecule has 0 atom stereocenters. The second kappa shape index (κ2) is 11.5. The van der Waals surface area contributed by atoms with Crippen molar-refractivity contribution >= 4 is 40.1 Å². The highest BCUT2D eigenvalue weighted by molar-refractivity contribution is 8.00. The molecule has 5 nitrogen and oxygen atoms in total. The Morgan fingerprint density at radius 1 is 1.00 bits per heavy atom. The van der Waals surface area contributed by atoms with Crippen LogP contribution in [0.5, 0.6) is 0 Å². The molecule has 1 heterocycles. The van der Waals surface area contributed by atoms with Crippen molar-refractivity contribution in [3.05, 3.63) is 71.1 Å². The van der Waals surface area contributed by atoms with Crippen molar-refractivity contribution < 1.29 is 14.7 Å². The van der Waals surface area contributed by atoms with Gasteiger partial charge in [-0.15, -0.1) is 23.1 Å². The van der Waals surface area contributed by atoms with Crippen LogP contribution in [-0.2, 0) is 16.1 Å². The van der Waals surface area contributed by atoms with E-state index in [-0.39, 0.29) is 17.4 Å². The molecule has 1 saturated carbocycles. The minimum absolute atomic E-state index is 0.0959. The quantitative estimate of drug-likeness (QED) is 0.394. The predicted molar refractivity (Wildman–Crippen MR) is 136 cm³/mol. The first-order valence-corrected chi connectivity index (χ1v) is 13.3. The van der Waals surface area contributed by atoms with Crippen LogP contribution in [0.2, 0.25) is 0 Å². The van der Waals surface area contributed by atoms with E-state index in [1.54, 1.807) is 4.90 Å². The molecule has 4 rings (SSSR count). The minimum atomic E-state index is -0.921. The number of thiazole rings is 1. The third kappa shape index (κ3) is 6.45. The summed E-state index contributed by atoms with van der Waals surface area (Å²) in [4.78, 5) is 30.3. The summed E-state index contributed by atoms with van der Waals surface area (Å²) in [5.74, 6) is -0.388. The van der Waals surface area contributed by atoms with Gasteiger partial charge < -0.3 is 5.11 Å². The van der Waals surface area contributed by atoms with Gasteiger partial charge in [0.05, 0.1) is 23.7 Å². The van der Waals surface area contributed by atoms with Crippen molar-refractivity contribution in [2.75, 3.05) is 16.4 Å². The first kappa shape index (κ1) is 23.5. The summed E-state index contributed by atoms with van der Waals surface area (Å²) >= 11 is 2.55.